The summed E-state index contributed by atoms with van der Waals surface area (Å²) in [5, 5.41) is 2.73. The highest BCUT2D eigenvalue weighted by Crippen LogP contribution is 2.34. The molecule has 0 saturated heterocycles. The zero-order chi connectivity index (χ0) is 19.5. The van der Waals surface area contributed by atoms with Gasteiger partial charge in [0.25, 0.3) is 0 Å². The molecule has 0 spiro atoms. The molecule has 2 aromatic carbocycles. The summed E-state index contributed by atoms with van der Waals surface area (Å²) in [7, 11) is 0. The third-order valence-electron chi connectivity index (χ3n) is 4.27. The van der Waals surface area contributed by atoms with E-state index in [0.29, 0.717) is 5.13 Å². The van der Waals surface area contributed by atoms with Gasteiger partial charge in [-0.25, -0.2) is 9.97 Å². The van der Waals surface area contributed by atoms with Crippen molar-refractivity contribution in [1.29, 1.82) is 0 Å². The number of amides is 1. The average molecular weight is 426 g/mol. The van der Waals surface area contributed by atoms with E-state index in [-0.39, 0.29) is 5.91 Å². The van der Waals surface area contributed by atoms with Crippen LogP contribution in [0.1, 0.15) is 25.1 Å². The molecule has 0 atom stereocenters. The first-order valence-electron chi connectivity index (χ1n) is 8.96. The quantitative estimate of drug-likeness (QED) is 0.340. The fraction of sp³-hybridized carbons (Fsp3) is 0.190. The molecule has 0 aliphatic heterocycles. The number of fused-ring (bicyclic) bond motifs is 1. The second kappa shape index (κ2) is 8.43. The molecule has 4 rings (SSSR count). The van der Waals surface area contributed by atoms with E-state index >= 15 is 0 Å². The molecular formula is C21H19N3OS3. The minimum atomic E-state index is -0.0380. The Morgan fingerprint density at radius 1 is 1.11 bits per heavy atom. The molecule has 4 nitrogen and oxygen atoms in total. The molecular weight excluding hydrogens is 406 g/mol. The Kier molecular flexibility index (Phi) is 5.75. The molecule has 4 aromatic rings. The molecule has 0 fully saturated rings. The van der Waals surface area contributed by atoms with E-state index in [1.54, 1.807) is 34.9 Å². The number of para-hydroxylation sites is 1. The first kappa shape index (κ1) is 19.1. The number of aromatic nitrogens is 2. The summed E-state index contributed by atoms with van der Waals surface area (Å²) < 4.78 is 2.23. The van der Waals surface area contributed by atoms with E-state index in [1.807, 2.05) is 35.7 Å². The third-order valence-corrected chi connectivity index (χ3v) is 7.35. The second-order valence-electron chi connectivity index (χ2n) is 6.23. The van der Waals surface area contributed by atoms with Gasteiger partial charge in [0.05, 0.1) is 21.6 Å². The molecule has 0 N–H and O–H groups in total. The normalized spacial score (nSPS) is 11.1. The van der Waals surface area contributed by atoms with E-state index in [0.717, 1.165) is 33.4 Å². The van der Waals surface area contributed by atoms with Crippen molar-refractivity contribution in [3.8, 4) is 0 Å². The number of nitrogens with zero attached hydrogens (tertiary/aromatic N) is 3. The number of carbonyl (C=O) groups is 1. The van der Waals surface area contributed by atoms with E-state index in [4.69, 9.17) is 4.98 Å². The predicted octanol–water partition coefficient (Wildman–Crippen LogP) is 6.29. The summed E-state index contributed by atoms with van der Waals surface area (Å²) in [6.45, 7) is 3.69. The van der Waals surface area contributed by atoms with Gasteiger partial charge in [-0.2, -0.15) is 0 Å². The molecule has 0 bridgehead atoms. The molecule has 0 unspecified atom stereocenters. The van der Waals surface area contributed by atoms with Crippen LogP contribution in [0.2, 0.25) is 0 Å². The van der Waals surface area contributed by atoms with Gasteiger partial charge in [-0.1, -0.05) is 43.0 Å². The summed E-state index contributed by atoms with van der Waals surface area (Å²) in [5.41, 5.74) is 4.09. The Hall–Kier alpha value is -2.22. The molecule has 0 saturated carbocycles. The molecule has 2 heterocycles. The van der Waals surface area contributed by atoms with Crippen molar-refractivity contribution in [3.63, 3.8) is 0 Å². The maximum atomic E-state index is 12.3. The van der Waals surface area contributed by atoms with Gasteiger partial charge in [0.2, 0.25) is 5.91 Å². The number of aryl methyl sites for hydroxylation is 1. The van der Waals surface area contributed by atoms with Gasteiger partial charge in [-0.05, 0) is 36.2 Å². The number of thiazole rings is 2. The van der Waals surface area contributed by atoms with Crippen LogP contribution >= 0.6 is 34.4 Å². The van der Waals surface area contributed by atoms with Crippen LogP contribution < -0.4 is 4.90 Å². The summed E-state index contributed by atoms with van der Waals surface area (Å²) in [6, 6.07) is 16.2. The number of anilines is 2. The SMILES string of the molecule is CCc1ccc(N(C(C)=O)c2nc(CSc3nc4ccccc4s3)cs2)cc1. The van der Waals surface area contributed by atoms with Crippen LogP contribution in [0.4, 0.5) is 10.8 Å². The first-order chi connectivity index (χ1) is 13.6. The smallest absolute Gasteiger partial charge is 0.230 e. The summed E-state index contributed by atoms with van der Waals surface area (Å²) in [6.07, 6.45) is 0.977. The van der Waals surface area contributed by atoms with Gasteiger partial charge in [0.15, 0.2) is 9.47 Å². The van der Waals surface area contributed by atoms with E-state index < -0.39 is 0 Å². The molecule has 28 heavy (non-hydrogen) atoms. The predicted molar refractivity (Wildman–Crippen MR) is 120 cm³/mol. The van der Waals surface area contributed by atoms with Crippen molar-refractivity contribution in [2.45, 2.75) is 30.4 Å². The molecule has 2 aromatic heterocycles. The van der Waals surface area contributed by atoms with Crippen LogP contribution in [-0.4, -0.2) is 15.9 Å². The van der Waals surface area contributed by atoms with Gasteiger partial charge < -0.3 is 0 Å². The number of rotatable bonds is 6. The highest BCUT2D eigenvalue weighted by molar-refractivity contribution is 8.00. The Morgan fingerprint density at radius 2 is 1.89 bits per heavy atom. The zero-order valence-electron chi connectivity index (χ0n) is 15.6. The van der Waals surface area contributed by atoms with Crippen molar-refractivity contribution in [3.05, 3.63) is 65.2 Å². The minimum Gasteiger partial charge on any atom is -0.274 e. The summed E-state index contributed by atoms with van der Waals surface area (Å²) >= 11 is 4.87. The Bertz CT molecular complexity index is 1070. The third kappa shape index (κ3) is 4.11. The summed E-state index contributed by atoms with van der Waals surface area (Å²) in [4.78, 5) is 23.3. The number of hydrogen-bond donors (Lipinski definition) is 0. The van der Waals surface area contributed by atoms with E-state index in [1.165, 1.54) is 21.6 Å². The lowest BCUT2D eigenvalue weighted by Crippen LogP contribution is -2.22. The maximum Gasteiger partial charge on any atom is 0.230 e. The van der Waals surface area contributed by atoms with Crippen molar-refractivity contribution >= 4 is 61.4 Å². The molecule has 142 valence electrons. The average Bonchev–Trinajstić information content (AvgIpc) is 3.33. The second-order valence-corrected chi connectivity index (χ2v) is 9.32. The number of benzene rings is 2. The van der Waals surface area contributed by atoms with Crippen LogP contribution in [0.5, 0.6) is 0 Å². The summed E-state index contributed by atoms with van der Waals surface area (Å²) in [5.74, 6) is 0.695. The van der Waals surface area contributed by atoms with Crippen LogP contribution in [0.25, 0.3) is 10.2 Å². The number of hydrogen-bond acceptors (Lipinski definition) is 6. The van der Waals surface area contributed by atoms with Gasteiger partial charge in [-0.15, -0.1) is 22.7 Å². The lowest BCUT2D eigenvalue weighted by molar-refractivity contribution is -0.115. The van der Waals surface area contributed by atoms with Crippen molar-refractivity contribution in [1.82, 2.24) is 9.97 Å². The van der Waals surface area contributed by atoms with Gasteiger partial charge >= 0.3 is 0 Å². The Labute approximate surface area is 176 Å². The molecule has 0 aliphatic carbocycles. The molecule has 0 aliphatic rings. The van der Waals surface area contributed by atoms with Crippen LogP contribution in [0, 0.1) is 0 Å². The van der Waals surface area contributed by atoms with Crippen LogP contribution in [0.15, 0.2) is 58.3 Å². The monoisotopic (exact) mass is 425 g/mol. The number of thioether (sulfide) groups is 1. The van der Waals surface area contributed by atoms with Gasteiger partial charge in [0, 0.05) is 18.1 Å². The van der Waals surface area contributed by atoms with Crippen LogP contribution in [0.3, 0.4) is 0 Å². The van der Waals surface area contributed by atoms with Crippen molar-refractivity contribution in [2.24, 2.45) is 0 Å². The minimum absolute atomic E-state index is 0.0380. The lowest BCUT2D eigenvalue weighted by Gasteiger charge is -2.18. The maximum absolute atomic E-state index is 12.3. The van der Waals surface area contributed by atoms with Gasteiger partial charge in [0.1, 0.15) is 0 Å². The van der Waals surface area contributed by atoms with Gasteiger partial charge in [-0.3, -0.25) is 9.69 Å². The largest absolute Gasteiger partial charge is 0.274 e. The first-order valence-corrected chi connectivity index (χ1v) is 11.6. The van der Waals surface area contributed by atoms with Crippen LogP contribution in [-0.2, 0) is 17.0 Å². The standard InChI is InChI=1S/C21H19N3OS3/c1-3-15-8-10-17(11-9-15)24(14(2)25)20-22-16(12-26-20)13-27-21-23-18-6-4-5-7-19(18)28-21/h4-12H,3,13H2,1-2H3. The van der Waals surface area contributed by atoms with E-state index in [9.17, 15) is 4.79 Å². The zero-order valence-corrected chi connectivity index (χ0v) is 18.0. The molecule has 0 radical (unpaired) electrons. The topological polar surface area (TPSA) is 46.1 Å². The fourth-order valence-corrected chi connectivity index (χ4v) is 5.77. The Balaban J connectivity index is 1.50. The highest BCUT2D eigenvalue weighted by Gasteiger charge is 2.18. The lowest BCUT2D eigenvalue weighted by atomic mass is 10.1. The highest BCUT2D eigenvalue weighted by atomic mass is 32.2. The van der Waals surface area contributed by atoms with E-state index in [2.05, 4.69) is 30.1 Å². The Morgan fingerprint density at radius 3 is 2.61 bits per heavy atom. The fourth-order valence-electron chi connectivity index (χ4n) is 2.82. The van der Waals surface area contributed by atoms with Crippen molar-refractivity contribution < 1.29 is 4.79 Å². The molecule has 1 amide bonds. The number of carbonyl (C=O) groups excluding carboxylic acids is 1. The van der Waals surface area contributed by atoms with Crippen molar-refractivity contribution in [2.75, 3.05) is 4.90 Å². The molecule has 7 heteroatoms.